The molecule has 0 spiro atoms. The molecule has 0 aromatic heterocycles. The number of hydrogen-bond donors (Lipinski definition) is 1. The maximum Gasteiger partial charge on any atom is 0.0682 e. The lowest BCUT2D eigenvalue weighted by Crippen LogP contribution is -1.85. The summed E-state index contributed by atoms with van der Waals surface area (Å²) in [4.78, 5) is 1.26. The molecule has 0 radical (unpaired) electrons. The van der Waals surface area contributed by atoms with Crippen molar-refractivity contribution in [3.8, 4) is 0 Å². The lowest BCUT2D eigenvalue weighted by molar-refractivity contribution is 0.281. The summed E-state index contributed by atoms with van der Waals surface area (Å²) in [5, 5.41) is 9.01. The first kappa shape index (κ1) is 13.3. The Hall–Kier alpha value is -0.730. The van der Waals surface area contributed by atoms with E-state index in [-0.39, 0.29) is 6.61 Å². The molecule has 0 aliphatic carbocycles. The largest absolute Gasteiger partial charge is 0.392 e. The molecule has 0 saturated carbocycles. The summed E-state index contributed by atoms with van der Waals surface area (Å²) in [5.41, 5.74) is 0.997. The molecule has 0 heterocycles. The van der Waals surface area contributed by atoms with Crippen LogP contribution in [0.4, 0.5) is 0 Å². The zero-order valence-corrected chi connectivity index (χ0v) is 10.5. The van der Waals surface area contributed by atoms with Gasteiger partial charge in [0.05, 0.1) is 6.61 Å². The van der Waals surface area contributed by atoms with Crippen LogP contribution in [-0.4, -0.2) is 10.9 Å². The molecule has 0 saturated heterocycles. The number of rotatable bonds is 8. The molecule has 1 rings (SSSR count). The predicted octanol–water partition coefficient (Wildman–Crippen LogP) is 4.02. The summed E-state index contributed by atoms with van der Waals surface area (Å²) >= 11 is 1.87. The molecule has 0 unspecified atom stereocenters. The van der Waals surface area contributed by atoms with Gasteiger partial charge >= 0.3 is 0 Å². The van der Waals surface area contributed by atoms with Crippen LogP contribution in [0, 0.1) is 0 Å². The van der Waals surface area contributed by atoms with Gasteiger partial charge in [-0.2, -0.15) is 0 Å². The third kappa shape index (κ3) is 5.38. The van der Waals surface area contributed by atoms with E-state index in [0.29, 0.717) is 0 Å². The predicted molar refractivity (Wildman–Crippen MR) is 71.8 cm³/mol. The highest BCUT2D eigenvalue weighted by molar-refractivity contribution is 7.99. The first-order valence-electron chi connectivity index (χ1n) is 5.80. The first-order valence-corrected chi connectivity index (χ1v) is 6.79. The summed E-state index contributed by atoms with van der Waals surface area (Å²) < 4.78 is 0. The molecule has 0 bridgehead atoms. The van der Waals surface area contributed by atoms with E-state index in [1.807, 2.05) is 30.0 Å². The third-order valence-corrected chi connectivity index (χ3v) is 3.48. The second-order valence-electron chi connectivity index (χ2n) is 3.79. The van der Waals surface area contributed by atoms with Gasteiger partial charge in [0.25, 0.3) is 0 Å². The molecule has 88 valence electrons. The van der Waals surface area contributed by atoms with Gasteiger partial charge in [-0.15, -0.1) is 18.3 Å². The van der Waals surface area contributed by atoms with E-state index in [2.05, 4.69) is 18.7 Å². The highest BCUT2D eigenvalue weighted by Crippen LogP contribution is 2.20. The average molecular weight is 236 g/mol. The Balaban J connectivity index is 2.18. The number of thioether (sulfide) groups is 1. The van der Waals surface area contributed by atoms with Crippen LogP contribution >= 0.6 is 11.8 Å². The minimum Gasteiger partial charge on any atom is -0.392 e. The van der Waals surface area contributed by atoms with Crippen LogP contribution in [0.15, 0.2) is 41.8 Å². The van der Waals surface area contributed by atoms with E-state index in [4.69, 9.17) is 5.11 Å². The van der Waals surface area contributed by atoms with Gasteiger partial charge in [0.2, 0.25) is 0 Å². The number of benzene rings is 1. The summed E-state index contributed by atoms with van der Waals surface area (Å²) in [6.45, 7) is 3.85. The Bertz CT molecular complexity index is 309. The molecule has 1 aromatic rings. The van der Waals surface area contributed by atoms with Crippen molar-refractivity contribution in [2.75, 3.05) is 5.75 Å². The molecule has 2 heteroatoms. The monoisotopic (exact) mass is 236 g/mol. The quantitative estimate of drug-likeness (QED) is 0.418. The average Bonchev–Trinajstić information content (AvgIpc) is 2.34. The minimum absolute atomic E-state index is 0.133. The summed E-state index contributed by atoms with van der Waals surface area (Å²) in [5.74, 6) is 1.16. The van der Waals surface area contributed by atoms with Gasteiger partial charge in [0.15, 0.2) is 0 Å². The van der Waals surface area contributed by atoms with Gasteiger partial charge in [-0.1, -0.05) is 24.6 Å². The number of aliphatic hydroxyl groups is 1. The van der Waals surface area contributed by atoms with E-state index >= 15 is 0 Å². The number of allylic oxidation sites excluding steroid dienone is 1. The van der Waals surface area contributed by atoms with Crippen LogP contribution in [0.25, 0.3) is 0 Å². The Morgan fingerprint density at radius 1 is 1.25 bits per heavy atom. The standard InChI is InChI=1S/C14H20OS/c1-2-3-4-5-6-10-16-14-9-7-8-13(11-14)12-15/h2,7-9,11,15H,1,3-6,10,12H2. The van der Waals surface area contributed by atoms with Crippen molar-refractivity contribution in [3.05, 3.63) is 42.5 Å². The first-order chi connectivity index (χ1) is 7.86. The lowest BCUT2D eigenvalue weighted by Gasteiger charge is -2.03. The van der Waals surface area contributed by atoms with Crippen LogP contribution in [0.3, 0.4) is 0 Å². The summed E-state index contributed by atoms with van der Waals surface area (Å²) in [6.07, 6.45) is 6.89. The van der Waals surface area contributed by atoms with Crippen molar-refractivity contribution in [2.45, 2.75) is 37.2 Å². The maximum atomic E-state index is 9.01. The molecule has 0 atom stereocenters. The topological polar surface area (TPSA) is 20.2 Å². The van der Waals surface area contributed by atoms with E-state index in [0.717, 1.165) is 17.7 Å². The van der Waals surface area contributed by atoms with Crippen molar-refractivity contribution in [3.63, 3.8) is 0 Å². The van der Waals surface area contributed by atoms with Gasteiger partial charge in [-0.3, -0.25) is 0 Å². The summed E-state index contributed by atoms with van der Waals surface area (Å²) in [6, 6.07) is 8.13. The molecule has 1 aromatic carbocycles. The zero-order valence-electron chi connectivity index (χ0n) is 9.69. The Kier molecular flexibility index (Phi) is 7.02. The van der Waals surface area contributed by atoms with Crippen molar-refractivity contribution >= 4 is 11.8 Å². The van der Waals surface area contributed by atoms with Gasteiger partial charge in [0.1, 0.15) is 0 Å². The van der Waals surface area contributed by atoms with E-state index < -0.39 is 0 Å². The van der Waals surface area contributed by atoms with Crippen LogP contribution in [-0.2, 0) is 6.61 Å². The molecule has 0 fully saturated rings. The Morgan fingerprint density at radius 3 is 2.88 bits per heavy atom. The maximum absolute atomic E-state index is 9.01. The number of hydrogen-bond acceptors (Lipinski definition) is 2. The highest BCUT2D eigenvalue weighted by Gasteiger charge is 1.96. The fourth-order valence-corrected chi connectivity index (χ4v) is 2.48. The van der Waals surface area contributed by atoms with E-state index in [1.165, 1.54) is 24.2 Å². The fraction of sp³-hybridized carbons (Fsp3) is 0.429. The molecule has 1 nitrogen and oxygen atoms in total. The molecular formula is C14H20OS. The Labute approximate surface area is 103 Å². The highest BCUT2D eigenvalue weighted by atomic mass is 32.2. The lowest BCUT2D eigenvalue weighted by atomic mass is 10.2. The van der Waals surface area contributed by atoms with Crippen LogP contribution in [0.2, 0.25) is 0 Å². The van der Waals surface area contributed by atoms with Crippen molar-refractivity contribution < 1.29 is 5.11 Å². The second kappa shape index (κ2) is 8.43. The van der Waals surface area contributed by atoms with Crippen LogP contribution in [0.5, 0.6) is 0 Å². The van der Waals surface area contributed by atoms with Gasteiger partial charge in [-0.25, -0.2) is 0 Å². The summed E-state index contributed by atoms with van der Waals surface area (Å²) in [7, 11) is 0. The molecule has 0 aliphatic rings. The minimum atomic E-state index is 0.133. The molecular weight excluding hydrogens is 216 g/mol. The Morgan fingerprint density at radius 2 is 2.12 bits per heavy atom. The van der Waals surface area contributed by atoms with Crippen molar-refractivity contribution in [1.29, 1.82) is 0 Å². The van der Waals surface area contributed by atoms with Crippen LogP contribution < -0.4 is 0 Å². The molecule has 0 aliphatic heterocycles. The molecule has 0 amide bonds. The smallest absolute Gasteiger partial charge is 0.0682 e. The van der Waals surface area contributed by atoms with Crippen molar-refractivity contribution in [2.24, 2.45) is 0 Å². The van der Waals surface area contributed by atoms with Gasteiger partial charge in [-0.05, 0) is 42.7 Å². The fourth-order valence-electron chi connectivity index (χ4n) is 1.49. The van der Waals surface area contributed by atoms with E-state index in [9.17, 15) is 0 Å². The molecule has 1 N–H and O–H groups in total. The molecule has 16 heavy (non-hydrogen) atoms. The van der Waals surface area contributed by atoms with Gasteiger partial charge in [0, 0.05) is 4.90 Å². The zero-order chi connectivity index (χ0) is 11.6. The SMILES string of the molecule is C=CCCCCCSc1cccc(CO)c1. The number of aliphatic hydroxyl groups excluding tert-OH is 1. The van der Waals surface area contributed by atoms with Gasteiger partial charge < -0.3 is 5.11 Å². The van der Waals surface area contributed by atoms with Crippen molar-refractivity contribution in [1.82, 2.24) is 0 Å². The second-order valence-corrected chi connectivity index (χ2v) is 4.96. The normalized spacial score (nSPS) is 10.3. The number of unbranched alkanes of at least 4 members (excludes halogenated alkanes) is 3. The third-order valence-electron chi connectivity index (χ3n) is 2.40. The van der Waals surface area contributed by atoms with Crippen LogP contribution in [0.1, 0.15) is 31.2 Å². The van der Waals surface area contributed by atoms with E-state index in [1.54, 1.807) is 0 Å².